The van der Waals surface area contributed by atoms with Gasteiger partial charge in [-0.1, -0.05) is 39.5 Å². The molecule has 0 aliphatic heterocycles. The fraction of sp³-hybridized carbons (Fsp3) is 0.625. The molecule has 19 heavy (non-hydrogen) atoms. The molecule has 0 saturated carbocycles. The summed E-state index contributed by atoms with van der Waals surface area (Å²) in [4.78, 5) is 25.6. The van der Waals surface area contributed by atoms with Gasteiger partial charge in [0.05, 0.1) is 11.3 Å². The molecule has 1 aromatic heterocycles. The lowest BCUT2D eigenvalue weighted by Crippen LogP contribution is -2.06. The summed E-state index contributed by atoms with van der Waals surface area (Å²) in [5.41, 5.74) is 0. The number of unbranched alkanes of at least 4 members (excludes halogenated alkanes) is 4. The number of carbonyl (C=O) groups excluding carboxylic acids is 2. The van der Waals surface area contributed by atoms with Gasteiger partial charge >= 0.3 is 0 Å². The molecule has 0 N–H and O–H groups in total. The summed E-state index contributed by atoms with van der Waals surface area (Å²) in [6, 6.07) is 3.83. The van der Waals surface area contributed by atoms with Gasteiger partial charge < -0.3 is 0 Å². The maximum atomic E-state index is 11.9. The Bertz CT molecular complexity index is 407. The monoisotopic (exact) mass is 280 g/mol. The van der Waals surface area contributed by atoms with Crippen LogP contribution in [0.25, 0.3) is 0 Å². The molecule has 0 saturated heterocycles. The number of thiophene rings is 1. The Labute approximate surface area is 120 Å². The van der Waals surface area contributed by atoms with Crippen LogP contribution in [0.3, 0.4) is 0 Å². The van der Waals surface area contributed by atoms with Gasteiger partial charge in [-0.05, 0) is 25.0 Å². The van der Waals surface area contributed by atoms with Crippen molar-refractivity contribution in [1.29, 1.82) is 0 Å². The van der Waals surface area contributed by atoms with E-state index in [1.807, 2.05) is 12.1 Å². The number of rotatable bonds is 10. The lowest BCUT2D eigenvalue weighted by molar-refractivity contribution is -0.118. The average Bonchev–Trinajstić information content (AvgIpc) is 2.87. The second kappa shape index (κ2) is 9.03. The summed E-state index contributed by atoms with van der Waals surface area (Å²) in [6.07, 6.45) is 7.26. The van der Waals surface area contributed by atoms with E-state index in [0.29, 0.717) is 6.42 Å². The molecular formula is C16H24O2S. The van der Waals surface area contributed by atoms with Crippen molar-refractivity contribution >= 4 is 22.9 Å². The molecule has 0 bridgehead atoms. The van der Waals surface area contributed by atoms with Crippen LogP contribution in [0.4, 0.5) is 0 Å². The molecule has 0 aromatic carbocycles. The summed E-state index contributed by atoms with van der Waals surface area (Å²) in [5.74, 6) is 0.0798. The Morgan fingerprint density at radius 2 is 1.79 bits per heavy atom. The first kappa shape index (κ1) is 16.1. The third kappa shape index (κ3) is 6.15. The van der Waals surface area contributed by atoms with Crippen LogP contribution >= 0.6 is 11.3 Å². The minimum Gasteiger partial charge on any atom is -0.299 e. The molecule has 1 aromatic rings. The number of hydrogen-bond donors (Lipinski definition) is 0. The normalized spacial score (nSPS) is 10.6. The van der Waals surface area contributed by atoms with Crippen molar-refractivity contribution in [2.45, 2.75) is 65.2 Å². The van der Waals surface area contributed by atoms with Gasteiger partial charge in [-0.3, -0.25) is 9.59 Å². The molecule has 0 aliphatic rings. The van der Waals surface area contributed by atoms with E-state index < -0.39 is 0 Å². The average molecular weight is 280 g/mol. The Balaban J connectivity index is 2.26. The van der Waals surface area contributed by atoms with Crippen molar-refractivity contribution < 1.29 is 9.59 Å². The highest BCUT2D eigenvalue weighted by molar-refractivity contribution is 7.14. The first-order chi connectivity index (χ1) is 9.17. The summed E-state index contributed by atoms with van der Waals surface area (Å²) in [5, 5.41) is 0. The van der Waals surface area contributed by atoms with Crippen LogP contribution in [0.1, 0.15) is 73.3 Å². The standard InChI is InChI=1S/C16H24O2S/c1-3-5-6-7-8-9-13(17)12-15(18)16-11-10-14(4-2)19-16/h10-11H,3-9,12H2,1-2H3. The zero-order valence-corrected chi connectivity index (χ0v) is 12.9. The zero-order chi connectivity index (χ0) is 14.1. The van der Waals surface area contributed by atoms with E-state index in [2.05, 4.69) is 13.8 Å². The topological polar surface area (TPSA) is 34.1 Å². The van der Waals surface area contributed by atoms with E-state index in [4.69, 9.17) is 0 Å². The molecule has 0 fully saturated rings. The van der Waals surface area contributed by atoms with Gasteiger partial charge in [0.25, 0.3) is 0 Å². The molecule has 1 heterocycles. The summed E-state index contributed by atoms with van der Waals surface area (Å²) >= 11 is 1.52. The molecule has 3 heteroatoms. The van der Waals surface area contributed by atoms with Gasteiger partial charge in [0.15, 0.2) is 5.78 Å². The Kier molecular flexibility index (Phi) is 7.65. The van der Waals surface area contributed by atoms with E-state index in [-0.39, 0.29) is 18.0 Å². The van der Waals surface area contributed by atoms with Crippen LogP contribution in [0.5, 0.6) is 0 Å². The van der Waals surface area contributed by atoms with Gasteiger partial charge in [0, 0.05) is 11.3 Å². The lowest BCUT2D eigenvalue weighted by Gasteiger charge is -2.00. The van der Waals surface area contributed by atoms with E-state index in [9.17, 15) is 9.59 Å². The number of aryl methyl sites for hydroxylation is 1. The zero-order valence-electron chi connectivity index (χ0n) is 12.0. The van der Waals surface area contributed by atoms with Gasteiger partial charge in [0.2, 0.25) is 0 Å². The Morgan fingerprint density at radius 3 is 2.42 bits per heavy atom. The Hall–Kier alpha value is -0.960. The first-order valence-corrected chi connectivity index (χ1v) is 8.12. The van der Waals surface area contributed by atoms with E-state index >= 15 is 0 Å². The highest BCUT2D eigenvalue weighted by Crippen LogP contribution is 2.19. The number of ketones is 2. The molecule has 0 atom stereocenters. The van der Waals surface area contributed by atoms with Crippen LogP contribution in [-0.2, 0) is 11.2 Å². The molecule has 2 nitrogen and oxygen atoms in total. The highest BCUT2D eigenvalue weighted by atomic mass is 32.1. The fourth-order valence-electron chi connectivity index (χ4n) is 2.00. The number of Topliss-reactive ketones (excluding diaryl/α,β-unsaturated/α-hetero) is 2. The fourth-order valence-corrected chi connectivity index (χ4v) is 2.88. The van der Waals surface area contributed by atoms with E-state index in [1.165, 1.54) is 35.5 Å². The molecule has 0 radical (unpaired) electrons. The smallest absolute Gasteiger partial charge is 0.180 e. The maximum absolute atomic E-state index is 11.9. The molecule has 0 aliphatic carbocycles. The van der Waals surface area contributed by atoms with Crippen molar-refractivity contribution in [2.75, 3.05) is 0 Å². The molecule has 1 rings (SSSR count). The minimum absolute atomic E-state index is 0.0109. The molecule has 106 valence electrons. The summed E-state index contributed by atoms with van der Waals surface area (Å²) in [6.45, 7) is 4.25. The maximum Gasteiger partial charge on any atom is 0.180 e. The lowest BCUT2D eigenvalue weighted by atomic mass is 10.1. The van der Waals surface area contributed by atoms with Gasteiger partial charge in [0.1, 0.15) is 5.78 Å². The quantitative estimate of drug-likeness (QED) is 0.350. The van der Waals surface area contributed by atoms with Gasteiger partial charge in [-0.15, -0.1) is 11.3 Å². The van der Waals surface area contributed by atoms with Crippen LogP contribution in [0.15, 0.2) is 12.1 Å². The third-order valence-electron chi connectivity index (χ3n) is 3.20. The largest absolute Gasteiger partial charge is 0.299 e. The van der Waals surface area contributed by atoms with Crippen LogP contribution in [-0.4, -0.2) is 11.6 Å². The number of hydrogen-bond acceptors (Lipinski definition) is 3. The molecule has 0 amide bonds. The van der Waals surface area contributed by atoms with Crippen LogP contribution < -0.4 is 0 Å². The van der Waals surface area contributed by atoms with Crippen LogP contribution in [0.2, 0.25) is 0 Å². The van der Waals surface area contributed by atoms with E-state index in [0.717, 1.165) is 24.1 Å². The Morgan fingerprint density at radius 1 is 1.05 bits per heavy atom. The highest BCUT2D eigenvalue weighted by Gasteiger charge is 2.13. The first-order valence-electron chi connectivity index (χ1n) is 7.31. The minimum atomic E-state index is -0.0109. The summed E-state index contributed by atoms with van der Waals surface area (Å²) in [7, 11) is 0. The molecular weight excluding hydrogens is 256 g/mol. The van der Waals surface area contributed by atoms with Crippen molar-refractivity contribution in [1.82, 2.24) is 0 Å². The molecule has 0 spiro atoms. The van der Waals surface area contributed by atoms with Crippen molar-refractivity contribution in [3.05, 3.63) is 21.9 Å². The second-order valence-corrected chi connectivity index (χ2v) is 6.09. The van der Waals surface area contributed by atoms with Crippen molar-refractivity contribution in [3.63, 3.8) is 0 Å². The van der Waals surface area contributed by atoms with Gasteiger partial charge in [-0.2, -0.15) is 0 Å². The third-order valence-corrected chi connectivity index (χ3v) is 4.47. The SMILES string of the molecule is CCCCCCCC(=O)CC(=O)c1ccc(CC)s1. The van der Waals surface area contributed by atoms with Crippen molar-refractivity contribution in [3.8, 4) is 0 Å². The second-order valence-electron chi connectivity index (χ2n) is 4.92. The van der Waals surface area contributed by atoms with E-state index in [1.54, 1.807) is 0 Å². The predicted octanol–water partition coefficient (Wildman–Crippen LogP) is 4.81. The van der Waals surface area contributed by atoms with Crippen LogP contribution in [0, 0.1) is 0 Å². The number of carbonyl (C=O) groups is 2. The van der Waals surface area contributed by atoms with Crippen molar-refractivity contribution in [2.24, 2.45) is 0 Å². The van der Waals surface area contributed by atoms with Gasteiger partial charge in [-0.25, -0.2) is 0 Å². The summed E-state index contributed by atoms with van der Waals surface area (Å²) < 4.78 is 0. The predicted molar refractivity (Wildman–Crippen MR) is 81.0 cm³/mol. The molecule has 0 unspecified atom stereocenters.